The van der Waals surface area contributed by atoms with Crippen molar-refractivity contribution in [2.75, 3.05) is 6.54 Å². The van der Waals surface area contributed by atoms with Crippen LogP contribution >= 0.6 is 0 Å². The molecule has 1 fully saturated rings. The molecule has 0 aliphatic carbocycles. The second-order valence-corrected chi connectivity index (χ2v) is 7.29. The smallest absolute Gasteiger partial charge is 0.325 e. The summed E-state index contributed by atoms with van der Waals surface area (Å²) in [6.45, 7) is 7.44. The van der Waals surface area contributed by atoms with Gasteiger partial charge in [0.1, 0.15) is 11.9 Å². The van der Waals surface area contributed by atoms with Crippen molar-refractivity contribution in [1.82, 2.24) is 19.8 Å². The van der Waals surface area contributed by atoms with E-state index in [2.05, 4.69) is 10.3 Å². The zero-order valence-electron chi connectivity index (χ0n) is 16.0. The number of nitrogens with zero attached hydrogens (tertiary/aromatic N) is 3. The highest BCUT2D eigenvalue weighted by Crippen LogP contribution is 2.21. The summed E-state index contributed by atoms with van der Waals surface area (Å²) < 4.78 is 1.89. The molecule has 0 radical (unpaired) electrons. The maximum atomic E-state index is 12.8. The number of carbonyl (C=O) groups is 3. The molecule has 27 heavy (non-hydrogen) atoms. The van der Waals surface area contributed by atoms with Crippen molar-refractivity contribution in [2.45, 2.75) is 40.2 Å². The molecule has 1 atom stereocenters. The van der Waals surface area contributed by atoms with E-state index in [1.165, 1.54) is 0 Å². The first-order valence-corrected chi connectivity index (χ1v) is 9.05. The SMILES string of the molecule is Cc1cc(C(=O)CN2C(=O)N[C@H](CC(C)C)C2=O)c(C)n1-c1ccccn1. The summed E-state index contributed by atoms with van der Waals surface area (Å²) in [7, 11) is 0. The van der Waals surface area contributed by atoms with Crippen LogP contribution in [0.1, 0.15) is 42.0 Å². The summed E-state index contributed by atoms with van der Waals surface area (Å²) in [5.74, 6) is 0.394. The molecule has 0 spiro atoms. The molecule has 142 valence electrons. The van der Waals surface area contributed by atoms with E-state index in [0.29, 0.717) is 12.0 Å². The Kier molecular flexibility index (Phi) is 5.12. The summed E-state index contributed by atoms with van der Waals surface area (Å²) >= 11 is 0. The zero-order valence-corrected chi connectivity index (χ0v) is 16.0. The summed E-state index contributed by atoms with van der Waals surface area (Å²) in [6, 6.07) is 6.29. The van der Waals surface area contributed by atoms with E-state index in [-0.39, 0.29) is 24.2 Å². The molecule has 1 aliphatic rings. The molecule has 3 amide bonds. The molecule has 1 saturated heterocycles. The van der Waals surface area contributed by atoms with Crippen molar-refractivity contribution in [3.63, 3.8) is 0 Å². The van der Waals surface area contributed by atoms with Crippen molar-refractivity contribution in [1.29, 1.82) is 0 Å². The monoisotopic (exact) mass is 368 g/mol. The van der Waals surface area contributed by atoms with Gasteiger partial charge in [0.25, 0.3) is 5.91 Å². The highest BCUT2D eigenvalue weighted by atomic mass is 16.2. The van der Waals surface area contributed by atoms with Crippen LogP contribution in [0.5, 0.6) is 0 Å². The quantitative estimate of drug-likeness (QED) is 0.627. The number of rotatable bonds is 6. The molecule has 0 saturated carbocycles. The number of hydrogen-bond acceptors (Lipinski definition) is 4. The third-order valence-corrected chi connectivity index (χ3v) is 4.73. The molecule has 2 aromatic heterocycles. The molecule has 7 heteroatoms. The number of amides is 3. The van der Waals surface area contributed by atoms with E-state index in [4.69, 9.17) is 0 Å². The molecule has 7 nitrogen and oxygen atoms in total. The van der Waals surface area contributed by atoms with Crippen LogP contribution in [0.3, 0.4) is 0 Å². The van der Waals surface area contributed by atoms with E-state index >= 15 is 0 Å². The minimum Gasteiger partial charge on any atom is -0.326 e. The van der Waals surface area contributed by atoms with Crippen LogP contribution in [-0.2, 0) is 4.79 Å². The van der Waals surface area contributed by atoms with Crippen LogP contribution in [0.15, 0.2) is 30.5 Å². The van der Waals surface area contributed by atoms with Crippen molar-refractivity contribution in [3.8, 4) is 5.82 Å². The predicted octanol–water partition coefficient (Wildman–Crippen LogP) is 2.64. The van der Waals surface area contributed by atoms with Gasteiger partial charge in [0.15, 0.2) is 5.78 Å². The molecule has 0 bridgehead atoms. The van der Waals surface area contributed by atoms with Crippen molar-refractivity contribution >= 4 is 17.7 Å². The average Bonchev–Trinajstić information content (AvgIpc) is 3.05. The Hall–Kier alpha value is -2.96. The third-order valence-electron chi connectivity index (χ3n) is 4.73. The van der Waals surface area contributed by atoms with Crippen molar-refractivity contribution in [3.05, 3.63) is 47.4 Å². The molecular formula is C20H24N4O3. The van der Waals surface area contributed by atoms with Gasteiger partial charge in [-0.3, -0.25) is 14.5 Å². The van der Waals surface area contributed by atoms with Crippen molar-refractivity contribution in [2.24, 2.45) is 5.92 Å². The molecule has 0 aromatic carbocycles. The molecule has 0 unspecified atom stereocenters. The van der Waals surface area contributed by atoms with Gasteiger partial charge in [0.05, 0.1) is 6.54 Å². The van der Waals surface area contributed by atoms with E-state index in [1.54, 1.807) is 12.3 Å². The third kappa shape index (κ3) is 3.63. The summed E-state index contributed by atoms with van der Waals surface area (Å²) in [4.78, 5) is 42.8. The Morgan fingerprint density at radius 2 is 2.00 bits per heavy atom. The number of imide groups is 1. The minimum atomic E-state index is -0.550. The molecule has 3 rings (SSSR count). The van der Waals surface area contributed by atoms with Gasteiger partial charge in [0.2, 0.25) is 0 Å². The number of pyridine rings is 1. The van der Waals surface area contributed by atoms with Crippen LogP contribution in [0, 0.1) is 19.8 Å². The number of ketones is 1. The molecule has 3 heterocycles. The largest absolute Gasteiger partial charge is 0.326 e. The van der Waals surface area contributed by atoms with Crippen molar-refractivity contribution < 1.29 is 14.4 Å². The first kappa shape index (κ1) is 18.8. The fourth-order valence-corrected chi connectivity index (χ4v) is 3.47. The minimum absolute atomic E-state index is 0.258. The maximum absolute atomic E-state index is 12.8. The Morgan fingerprint density at radius 3 is 2.63 bits per heavy atom. The first-order chi connectivity index (χ1) is 12.8. The topological polar surface area (TPSA) is 84.3 Å². The molecule has 1 aliphatic heterocycles. The van der Waals surface area contributed by atoms with Gasteiger partial charge in [-0.05, 0) is 44.4 Å². The number of urea groups is 1. The fraction of sp³-hybridized carbons (Fsp3) is 0.400. The van der Waals surface area contributed by atoms with Crippen LogP contribution in [0.4, 0.5) is 4.79 Å². The van der Waals surface area contributed by atoms with E-state index in [9.17, 15) is 14.4 Å². The Bertz CT molecular complexity index is 886. The van der Waals surface area contributed by atoms with E-state index in [0.717, 1.165) is 22.1 Å². The first-order valence-electron chi connectivity index (χ1n) is 9.05. The summed E-state index contributed by atoms with van der Waals surface area (Å²) in [5.41, 5.74) is 2.09. The van der Waals surface area contributed by atoms with Gasteiger partial charge in [-0.2, -0.15) is 0 Å². The number of Topliss-reactive ketones (excluding diaryl/α,β-unsaturated/α-hetero) is 1. The summed E-state index contributed by atoms with van der Waals surface area (Å²) in [5, 5.41) is 2.67. The van der Waals surface area contributed by atoms with Gasteiger partial charge in [0, 0.05) is 23.1 Å². The lowest BCUT2D eigenvalue weighted by molar-refractivity contribution is -0.127. The zero-order chi connectivity index (χ0) is 19.7. The van der Waals surface area contributed by atoms with Crippen LogP contribution in [-0.4, -0.2) is 44.8 Å². The lowest BCUT2D eigenvalue weighted by atomic mass is 10.0. The Morgan fingerprint density at radius 1 is 1.26 bits per heavy atom. The average molecular weight is 368 g/mol. The van der Waals surface area contributed by atoms with Gasteiger partial charge in [-0.1, -0.05) is 19.9 Å². The fourth-order valence-electron chi connectivity index (χ4n) is 3.47. The van der Waals surface area contributed by atoms with Gasteiger partial charge in [-0.25, -0.2) is 9.78 Å². The van der Waals surface area contributed by atoms with E-state index in [1.807, 2.05) is 50.5 Å². The second-order valence-electron chi connectivity index (χ2n) is 7.29. The van der Waals surface area contributed by atoms with E-state index < -0.39 is 12.1 Å². The molecule has 1 N–H and O–H groups in total. The normalized spacial score (nSPS) is 16.9. The second kappa shape index (κ2) is 7.34. The predicted molar refractivity (Wildman–Crippen MR) is 101 cm³/mol. The van der Waals surface area contributed by atoms with Crippen LogP contribution < -0.4 is 5.32 Å². The van der Waals surface area contributed by atoms with Gasteiger partial charge >= 0.3 is 6.03 Å². The number of nitrogens with one attached hydrogen (secondary N) is 1. The standard InChI is InChI=1S/C20H24N4O3/c1-12(2)9-16-19(26)23(20(27)22-16)11-17(25)15-10-13(3)24(14(15)4)18-7-5-6-8-21-18/h5-8,10,12,16H,9,11H2,1-4H3,(H,22,27)/t16-/m1/s1. The van der Waals surface area contributed by atoms with Gasteiger partial charge < -0.3 is 9.88 Å². The van der Waals surface area contributed by atoms with Crippen LogP contribution in [0.25, 0.3) is 5.82 Å². The Balaban J connectivity index is 1.81. The van der Waals surface area contributed by atoms with Gasteiger partial charge in [-0.15, -0.1) is 0 Å². The highest BCUT2D eigenvalue weighted by Gasteiger charge is 2.39. The summed E-state index contributed by atoms with van der Waals surface area (Å²) in [6.07, 6.45) is 2.25. The van der Waals surface area contributed by atoms with Crippen LogP contribution in [0.2, 0.25) is 0 Å². The highest BCUT2D eigenvalue weighted by molar-refractivity contribution is 6.09. The number of aryl methyl sites for hydroxylation is 1. The number of carbonyl (C=O) groups excluding carboxylic acids is 3. The maximum Gasteiger partial charge on any atom is 0.325 e. The number of aromatic nitrogens is 2. The molecular weight excluding hydrogens is 344 g/mol. The number of hydrogen-bond donors (Lipinski definition) is 1. The lowest BCUT2D eigenvalue weighted by Gasteiger charge is -2.13. The molecule has 2 aromatic rings. The Labute approximate surface area is 158 Å². The lowest BCUT2D eigenvalue weighted by Crippen LogP contribution is -2.36.